The van der Waals surface area contributed by atoms with Crippen LogP contribution in [0.3, 0.4) is 0 Å². The van der Waals surface area contributed by atoms with Crippen molar-refractivity contribution in [3.8, 4) is 0 Å². The number of imidazole rings is 1. The molecule has 0 aromatic carbocycles. The number of hydrogen-bond donors (Lipinski definition) is 0. The van der Waals surface area contributed by atoms with Crippen molar-refractivity contribution in [3.63, 3.8) is 0 Å². The van der Waals surface area contributed by atoms with Crippen molar-refractivity contribution in [1.29, 1.82) is 0 Å². The highest BCUT2D eigenvalue weighted by atomic mass is 35.5. The molecule has 2 saturated carbocycles. The van der Waals surface area contributed by atoms with Crippen molar-refractivity contribution < 1.29 is 0 Å². The van der Waals surface area contributed by atoms with E-state index < -0.39 is 0 Å². The number of hydrogen-bond acceptors (Lipinski definition) is 1. The molecule has 0 aliphatic heterocycles. The molecule has 1 heterocycles. The van der Waals surface area contributed by atoms with E-state index in [2.05, 4.69) is 9.55 Å². The Bertz CT molecular complexity index is 339. The Morgan fingerprint density at radius 3 is 3.00 bits per heavy atom. The molecule has 2 nitrogen and oxygen atoms in total. The lowest BCUT2D eigenvalue weighted by atomic mass is 10.1. The van der Waals surface area contributed by atoms with Crippen molar-refractivity contribution in [3.05, 3.63) is 18.2 Å². The highest BCUT2D eigenvalue weighted by Crippen LogP contribution is 2.65. The van der Waals surface area contributed by atoms with Crippen LogP contribution in [0.15, 0.2) is 12.5 Å². The molecule has 0 saturated heterocycles. The summed E-state index contributed by atoms with van der Waals surface area (Å²) in [4.78, 5) is 4.19. The summed E-state index contributed by atoms with van der Waals surface area (Å²) in [5, 5.41) is 0. The summed E-state index contributed by atoms with van der Waals surface area (Å²) in [6.45, 7) is 0. The second kappa shape index (κ2) is 2.99. The molecule has 14 heavy (non-hydrogen) atoms. The van der Waals surface area contributed by atoms with Gasteiger partial charge in [0.1, 0.15) is 0 Å². The fourth-order valence-corrected chi connectivity index (χ4v) is 3.26. The zero-order valence-electron chi connectivity index (χ0n) is 8.25. The third-order valence-electron chi connectivity index (χ3n) is 3.96. The highest BCUT2D eigenvalue weighted by molar-refractivity contribution is 6.16. The van der Waals surface area contributed by atoms with E-state index in [9.17, 15) is 0 Å². The standard InChI is InChI=1S/C11H15ClN2/c12-6-9-7-13-8-14(9)10-5-11(10)3-1-2-4-11/h7-8,10H,1-6H2. The highest BCUT2D eigenvalue weighted by Gasteiger charge is 2.56. The molecule has 1 aromatic heterocycles. The van der Waals surface area contributed by atoms with Crippen LogP contribution in [-0.4, -0.2) is 9.55 Å². The number of rotatable bonds is 2. The maximum Gasteiger partial charge on any atom is 0.0951 e. The number of alkyl halides is 1. The van der Waals surface area contributed by atoms with E-state index in [4.69, 9.17) is 11.6 Å². The Morgan fingerprint density at radius 1 is 1.50 bits per heavy atom. The molecule has 3 rings (SSSR count). The average Bonchev–Trinajstić information content (AvgIpc) is 2.61. The summed E-state index contributed by atoms with van der Waals surface area (Å²) in [5.41, 5.74) is 1.82. The van der Waals surface area contributed by atoms with Crippen LogP contribution in [0, 0.1) is 5.41 Å². The predicted molar refractivity (Wildman–Crippen MR) is 56.3 cm³/mol. The van der Waals surface area contributed by atoms with Crippen molar-refractivity contribution in [2.45, 2.75) is 44.0 Å². The molecule has 0 radical (unpaired) electrons. The second-order valence-electron chi connectivity index (χ2n) is 4.72. The van der Waals surface area contributed by atoms with Crippen LogP contribution >= 0.6 is 11.6 Å². The Morgan fingerprint density at radius 2 is 2.29 bits per heavy atom. The molecule has 0 N–H and O–H groups in total. The molecule has 2 fully saturated rings. The normalized spacial score (nSPS) is 28.5. The first-order valence-corrected chi connectivity index (χ1v) is 5.96. The summed E-state index contributed by atoms with van der Waals surface area (Å²) in [5.74, 6) is 0.590. The van der Waals surface area contributed by atoms with E-state index in [1.807, 2.05) is 12.5 Å². The fourth-order valence-electron chi connectivity index (χ4n) is 3.05. The van der Waals surface area contributed by atoms with E-state index >= 15 is 0 Å². The molecule has 2 aliphatic rings. The van der Waals surface area contributed by atoms with Crippen LogP contribution in [0.1, 0.15) is 43.8 Å². The van der Waals surface area contributed by atoms with Crippen LogP contribution < -0.4 is 0 Å². The monoisotopic (exact) mass is 210 g/mol. The zero-order chi connectivity index (χ0) is 9.60. The van der Waals surface area contributed by atoms with E-state index in [-0.39, 0.29) is 0 Å². The summed E-state index contributed by atoms with van der Waals surface area (Å²) < 4.78 is 2.30. The van der Waals surface area contributed by atoms with Crippen LogP contribution in [0.2, 0.25) is 0 Å². The molecule has 3 heteroatoms. The molecule has 1 spiro atoms. The first-order chi connectivity index (χ1) is 6.86. The first-order valence-electron chi connectivity index (χ1n) is 5.42. The lowest BCUT2D eigenvalue weighted by molar-refractivity contribution is 0.458. The SMILES string of the molecule is ClCc1cncn1C1CC12CCCC2. The first kappa shape index (κ1) is 8.78. The van der Waals surface area contributed by atoms with Crippen LogP contribution in [0.25, 0.3) is 0 Å². The Labute approximate surface area is 89.3 Å². The van der Waals surface area contributed by atoms with Gasteiger partial charge in [0.05, 0.1) is 17.9 Å². The van der Waals surface area contributed by atoms with Crippen molar-refractivity contribution >= 4 is 11.6 Å². The van der Waals surface area contributed by atoms with Gasteiger partial charge in [-0.3, -0.25) is 0 Å². The number of halogens is 1. The minimum Gasteiger partial charge on any atom is -0.330 e. The van der Waals surface area contributed by atoms with Crippen molar-refractivity contribution in [1.82, 2.24) is 9.55 Å². The van der Waals surface area contributed by atoms with E-state index in [0.29, 0.717) is 17.3 Å². The van der Waals surface area contributed by atoms with Crippen LogP contribution in [0.5, 0.6) is 0 Å². The van der Waals surface area contributed by atoms with Gasteiger partial charge in [-0.2, -0.15) is 0 Å². The predicted octanol–water partition coefficient (Wildman–Crippen LogP) is 3.13. The van der Waals surface area contributed by atoms with E-state index in [1.165, 1.54) is 37.8 Å². The molecular formula is C11H15ClN2. The molecule has 0 bridgehead atoms. The minimum absolute atomic E-state index is 0.590. The van der Waals surface area contributed by atoms with Crippen LogP contribution in [0.4, 0.5) is 0 Å². The molecule has 76 valence electrons. The molecule has 1 unspecified atom stereocenters. The Hall–Kier alpha value is -0.500. The lowest BCUT2D eigenvalue weighted by Gasteiger charge is -2.10. The van der Waals surface area contributed by atoms with Crippen LogP contribution in [-0.2, 0) is 5.88 Å². The second-order valence-corrected chi connectivity index (χ2v) is 4.98. The number of aromatic nitrogens is 2. The molecule has 1 atom stereocenters. The quantitative estimate of drug-likeness (QED) is 0.686. The molecule has 1 aromatic rings. The van der Waals surface area contributed by atoms with Gasteiger partial charge < -0.3 is 4.57 Å². The lowest BCUT2D eigenvalue weighted by Crippen LogP contribution is -2.04. The summed E-state index contributed by atoms with van der Waals surface area (Å²) in [6, 6.07) is 0.709. The smallest absolute Gasteiger partial charge is 0.0951 e. The van der Waals surface area contributed by atoms with Gasteiger partial charge in [-0.1, -0.05) is 12.8 Å². The topological polar surface area (TPSA) is 17.8 Å². The van der Waals surface area contributed by atoms with Gasteiger partial charge in [-0.25, -0.2) is 4.98 Å². The van der Waals surface area contributed by atoms with E-state index in [0.717, 1.165) is 0 Å². The molecular weight excluding hydrogens is 196 g/mol. The van der Waals surface area contributed by atoms with Gasteiger partial charge in [0, 0.05) is 12.2 Å². The van der Waals surface area contributed by atoms with Gasteiger partial charge in [-0.15, -0.1) is 11.6 Å². The summed E-state index contributed by atoms with van der Waals surface area (Å²) in [7, 11) is 0. The maximum absolute atomic E-state index is 5.88. The maximum atomic E-state index is 5.88. The Kier molecular flexibility index (Phi) is 1.88. The summed E-state index contributed by atoms with van der Waals surface area (Å²) >= 11 is 5.88. The van der Waals surface area contributed by atoms with Gasteiger partial charge in [-0.05, 0) is 24.7 Å². The minimum atomic E-state index is 0.590. The van der Waals surface area contributed by atoms with Gasteiger partial charge in [0.15, 0.2) is 0 Å². The fraction of sp³-hybridized carbons (Fsp3) is 0.727. The number of nitrogens with zero attached hydrogens (tertiary/aromatic N) is 2. The van der Waals surface area contributed by atoms with Gasteiger partial charge in [0.25, 0.3) is 0 Å². The largest absolute Gasteiger partial charge is 0.330 e. The van der Waals surface area contributed by atoms with Gasteiger partial charge >= 0.3 is 0 Å². The van der Waals surface area contributed by atoms with Crippen molar-refractivity contribution in [2.24, 2.45) is 5.41 Å². The zero-order valence-corrected chi connectivity index (χ0v) is 9.00. The summed E-state index contributed by atoms with van der Waals surface area (Å²) in [6.07, 6.45) is 10.9. The molecule has 0 amide bonds. The average molecular weight is 211 g/mol. The van der Waals surface area contributed by atoms with Crippen molar-refractivity contribution in [2.75, 3.05) is 0 Å². The third-order valence-corrected chi connectivity index (χ3v) is 4.24. The molecule has 2 aliphatic carbocycles. The Balaban J connectivity index is 1.85. The van der Waals surface area contributed by atoms with Gasteiger partial charge in [0.2, 0.25) is 0 Å². The van der Waals surface area contributed by atoms with E-state index in [1.54, 1.807) is 0 Å². The third kappa shape index (κ3) is 1.13.